The normalized spacial score (nSPS) is 11.5. The number of nitrogens with two attached hydrogens (primary N) is 1. The number of anilines is 1. The summed E-state index contributed by atoms with van der Waals surface area (Å²) in [7, 11) is 1.38. The van der Waals surface area contributed by atoms with Gasteiger partial charge < -0.3 is 20.1 Å². The Morgan fingerprint density at radius 1 is 1.07 bits per heavy atom. The van der Waals surface area contributed by atoms with Gasteiger partial charge in [0.25, 0.3) is 5.91 Å². The lowest BCUT2D eigenvalue weighted by Crippen LogP contribution is -2.87. The van der Waals surface area contributed by atoms with Crippen molar-refractivity contribution >= 4 is 17.6 Å². The number of ether oxygens (including phenoxy) is 2. The Morgan fingerprint density at radius 2 is 1.78 bits per heavy atom. The molecule has 1 amide bonds. The summed E-state index contributed by atoms with van der Waals surface area (Å²) >= 11 is 0. The maximum Gasteiger partial charge on any atom is 0.305 e. The van der Waals surface area contributed by atoms with E-state index in [-0.39, 0.29) is 11.9 Å². The van der Waals surface area contributed by atoms with Crippen LogP contribution in [0.5, 0.6) is 5.75 Å². The molecule has 0 aliphatic heterocycles. The Bertz CT molecular complexity index is 734. The Kier molecular flexibility index (Phi) is 8.32. The zero-order chi connectivity index (χ0) is 19.5. The van der Waals surface area contributed by atoms with Crippen LogP contribution in [0.4, 0.5) is 5.69 Å². The van der Waals surface area contributed by atoms with Gasteiger partial charge in [-0.2, -0.15) is 0 Å². The number of benzene rings is 2. The van der Waals surface area contributed by atoms with E-state index in [9.17, 15) is 9.59 Å². The summed E-state index contributed by atoms with van der Waals surface area (Å²) in [5, 5.41) is 4.91. The molecular formula is C21H27N2O4+. The lowest BCUT2D eigenvalue weighted by Gasteiger charge is -2.17. The number of methoxy groups -OCH3 is 1. The van der Waals surface area contributed by atoms with Crippen molar-refractivity contribution in [3.8, 4) is 5.75 Å². The summed E-state index contributed by atoms with van der Waals surface area (Å²) in [4.78, 5) is 24.2. The number of nitrogens with one attached hydrogen (secondary N) is 1. The largest absolute Gasteiger partial charge is 0.492 e. The second-order valence-electron chi connectivity index (χ2n) is 6.01. The smallest absolute Gasteiger partial charge is 0.305 e. The van der Waals surface area contributed by atoms with Gasteiger partial charge in [0.15, 0.2) is 6.04 Å². The van der Waals surface area contributed by atoms with Gasteiger partial charge in [-0.15, -0.1) is 0 Å². The molecule has 27 heavy (non-hydrogen) atoms. The molecule has 1 atom stereocenters. The fourth-order valence-electron chi connectivity index (χ4n) is 2.75. The summed E-state index contributed by atoms with van der Waals surface area (Å²) in [5.74, 6) is 0.270. The van der Waals surface area contributed by atoms with Crippen molar-refractivity contribution in [2.45, 2.75) is 25.8 Å². The molecule has 0 saturated carbocycles. The van der Waals surface area contributed by atoms with Gasteiger partial charge in [-0.05, 0) is 19.1 Å². The molecule has 0 saturated heterocycles. The molecule has 2 rings (SSSR count). The predicted octanol–water partition coefficient (Wildman–Crippen LogP) is 2.28. The zero-order valence-electron chi connectivity index (χ0n) is 15.8. The van der Waals surface area contributed by atoms with Crippen molar-refractivity contribution in [3.05, 3.63) is 60.2 Å². The number of amides is 1. The molecule has 0 fully saturated rings. The summed E-state index contributed by atoms with van der Waals surface area (Å²) in [6.07, 6.45) is 0.974. The Hall–Kier alpha value is -2.86. The van der Waals surface area contributed by atoms with E-state index >= 15 is 0 Å². The van der Waals surface area contributed by atoms with E-state index in [1.807, 2.05) is 66.8 Å². The topological polar surface area (TPSA) is 81.2 Å². The van der Waals surface area contributed by atoms with Gasteiger partial charge in [0, 0.05) is 12.0 Å². The standard InChI is InChI=1S/C21H26N2O4/c1-3-27-18-13-8-7-12-17(18)23-21(25)20(16-10-5-4-6-11-16)22-15-9-14-19(24)26-2/h4-8,10-13,20,22H,3,9,14-15H2,1-2H3,(H,23,25)/p+1/t20-/m1/s1. The maximum atomic E-state index is 13.0. The predicted molar refractivity (Wildman–Crippen MR) is 103 cm³/mol. The van der Waals surface area contributed by atoms with Crippen LogP contribution >= 0.6 is 0 Å². The van der Waals surface area contributed by atoms with Gasteiger partial charge in [0.1, 0.15) is 5.75 Å². The maximum absolute atomic E-state index is 13.0. The molecule has 144 valence electrons. The van der Waals surface area contributed by atoms with E-state index < -0.39 is 6.04 Å². The number of hydrogen-bond donors (Lipinski definition) is 2. The van der Waals surface area contributed by atoms with Gasteiger partial charge in [-0.25, -0.2) is 0 Å². The highest BCUT2D eigenvalue weighted by molar-refractivity contribution is 5.95. The number of rotatable bonds is 10. The molecular weight excluding hydrogens is 344 g/mol. The summed E-state index contributed by atoms with van der Waals surface area (Å²) < 4.78 is 10.2. The quantitative estimate of drug-likeness (QED) is 0.496. The number of quaternary nitrogens is 1. The van der Waals surface area contributed by atoms with Crippen LogP contribution in [0.3, 0.4) is 0 Å². The van der Waals surface area contributed by atoms with Gasteiger partial charge in [-0.3, -0.25) is 9.59 Å². The van der Waals surface area contributed by atoms with E-state index in [1.165, 1.54) is 7.11 Å². The summed E-state index contributed by atoms with van der Waals surface area (Å²) in [6.45, 7) is 3.06. The first-order chi connectivity index (χ1) is 13.2. The minimum Gasteiger partial charge on any atom is -0.492 e. The molecule has 6 nitrogen and oxygen atoms in total. The first kappa shape index (κ1) is 20.5. The molecule has 0 unspecified atom stereocenters. The molecule has 0 radical (unpaired) electrons. The summed E-state index contributed by atoms with van der Waals surface area (Å²) in [6, 6.07) is 16.5. The summed E-state index contributed by atoms with van der Waals surface area (Å²) in [5.41, 5.74) is 1.55. The molecule has 2 aromatic carbocycles. The van der Waals surface area contributed by atoms with Gasteiger partial charge in [-0.1, -0.05) is 42.5 Å². The molecule has 6 heteroatoms. The van der Waals surface area contributed by atoms with Crippen LogP contribution in [-0.2, 0) is 14.3 Å². The fourth-order valence-corrected chi connectivity index (χ4v) is 2.75. The van der Waals surface area contributed by atoms with Crippen molar-refractivity contribution < 1.29 is 24.4 Å². The van der Waals surface area contributed by atoms with E-state index in [0.29, 0.717) is 37.4 Å². The fraction of sp³-hybridized carbons (Fsp3) is 0.333. The highest BCUT2D eigenvalue weighted by Gasteiger charge is 2.24. The molecule has 0 heterocycles. The van der Waals surface area contributed by atoms with Crippen molar-refractivity contribution in [3.63, 3.8) is 0 Å². The van der Waals surface area contributed by atoms with Gasteiger partial charge in [0.05, 0.1) is 32.4 Å². The number of para-hydroxylation sites is 2. The third-order valence-electron chi connectivity index (χ3n) is 4.10. The highest BCUT2D eigenvalue weighted by Crippen LogP contribution is 2.24. The number of esters is 1. The first-order valence-corrected chi connectivity index (χ1v) is 9.13. The monoisotopic (exact) mass is 371 g/mol. The van der Waals surface area contributed by atoms with E-state index in [2.05, 4.69) is 10.1 Å². The van der Waals surface area contributed by atoms with Crippen LogP contribution in [0.15, 0.2) is 54.6 Å². The molecule has 0 aliphatic rings. The van der Waals surface area contributed by atoms with Gasteiger partial charge >= 0.3 is 5.97 Å². The van der Waals surface area contributed by atoms with Crippen molar-refractivity contribution in [1.82, 2.24) is 0 Å². The number of carbonyl (C=O) groups is 2. The molecule has 0 bridgehead atoms. The van der Waals surface area contributed by atoms with Crippen LogP contribution in [0, 0.1) is 0 Å². The SMILES string of the molecule is CCOc1ccccc1NC(=O)[C@H]([NH2+]CCCC(=O)OC)c1ccccc1. The number of carbonyl (C=O) groups excluding carboxylic acids is 2. The Labute approximate surface area is 159 Å². The Morgan fingerprint density at radius 3 is 2.48 bits per heavy atom. The van der Waals surface area contributed by atoms with Crippen LogP contribution < -0.4 is 15.4 Å². The zero-order valence-corrected chi connectivity index (χ0v) is 15.8. The third-order valence-corrected chi connectivity index (χ3v) is 4.10. The van der Waals surface area contributed by atoms with Crippen LogP contribution in [-0.4, -0.2) is 32.1 Å². The molecule has 0 aromatic heterocycles. The second kappa shape index (κ2) is 11.0. The lowest BCUT2D eigenvalue weighted by atomic mass is 10.1. The van der Waals surface area contributed by atoms with Crippen LogP contribution in [0.1, 0.15) is 31.4 Å². The average molecular weight is 371 g/mol. The first-order valence-electron chi connectivity index (χ1n) is 9.13. The van der Waals surface area contributed by atoms with E-state index in [1.54, 1.807) is 0 Å². The Balaban J connectivity index is 2.08. The van der Waals surface area contributed by atoms with Gasteiger partial charge in [0.2, 0.25) is 0 Å². The average Bonchev–Trinajstić information content (AvgIpc) is 2.70. The van der Waals surface area contributed by atoms with Crippen molar-refractivity contribution in [2.24, 2.45) is 0 Å². The van der Waals surface area contributed by atoms with E-state index in [4.69, 9.17) is 4.74 Å². The molecule has 0 spiro atoms. The van der Waals surface area contributed by atoms with Crippen LogP contribution in [0.25, 0.3) is 0 Å². The molecule has 3 N–H and O–H groups in total. The third kappa shape index (κ3) is 6.42. The van der Waals surface area contributed by atoms with Crippen molar-refractivity contribution in [2.75, 3.05) is 25.6 Å². The minimum atomic E-state index is -0.418. The molecule has 0 aliphatic carbocycles. The highest BCUT2D eigenvalue weighted by atomic mass is 16.5. The lowest BCUT2D eigenvalue weighted by molar-refractivity contribution is -0.682. The van der Waals surface area contributed by atoms with Crippen LogP contribution in [0.2, 0.25) is 0 Å². The van der Waals surface area contributed by atoms with E-state index in [0.717, 1.165) is 5.56 Å². The minimum absolute atomic E-state index is 0.133. The second-order valence-corrected chi connectivity index (χ2v) is 6.01. The number of hydrogen-bond acceptors (Lipinski definition) is 4. The van der Waals surface area contributed by atoms with Crippen molar-refractivity contribution in [1.29, 1.82) is 0 Å². The molecule has 2 aromatic rings.